The van der Waals surface area contributed by atoms with Crippen LogP contribution in [0, 0.1) is 0 Å². The van der Waals surface area contributed by atoms with Crippen molar-refractivity contribution < 1.29 is 0 Å². The summed E-state index contributed by atoms with van der Waals surface area (Å²) in [6.45, 7) is 1.83. The van der Waals surface area contributed by atoms with Gasteiger partial charge in [-0.15, -0.1) is 11.6 Å². The predicted octanol–water partition coefficient (Wildman–Crippen LogP) is 2.23. The number of hydrogen-bond donors (Lipinski definition) is 0. The highest BCUT2D eigenvalue weighted by molar-refractivity contribution is 6.75. The van der Waals surface area contributed by atoms with Crippen LogP contribution in [0.15, 0.2) is 9.98 Å². The molecule has 1 rings (SSSR count). The quantitative estimate of drug-likeness (QED) is 0.422. The van der Waals surface area contributed by atoms with Crippen molar-refractivity contribution in [3.05, 3.63) is 0 Å². The molecule has 1 aliphatic heterocycles. The molecule has 10 heavy (non-hydrogen) atoms. The second-order valence-corrected chi connectivity index (χ2v) is 3.17. The van der Waals surface area contributed by atoms with Gasteiger partial charge in [0.05, 0.1) is 6.04 Å². The summed E-state index contributed by atoms with van der Waals surface area (Å²) < 4.78 is 0. The van der Waals surface area contributed by atoms with Gasteiger partial charge in [-0.1, -0.05) is 11.6 Å². The summed E-state index contributed by atoms with van der Waals surface area (Å²) in [5.41, 5.74) is 0. The summed E-state index contributed by atoms with van der Waals surface area (Å²) in [4.78, 5) is 7.57. The molecular formula is C5H5Cl3N2. The number of halogens is 3. The van der Waals surface area contributed by atoms with Crippen molar-refractivity contribution in [2.75, 3.05) is 0 Å². The van der Waals surface area contributed by atoms with E-state index >= 15 is 0 Å². The van der Waals surface area contributed by atoms with Crippen LogP contribution in [0.2, 0.25) is 0 Å². The smallest absolute Gasteiger partial charge is 0.219 e. The third-order valence-corrected chi connectivity index (χ3v) is 2.35. The van der Waals surface area contributed by atoms with Crippen molar-refractivity contribution in [1.82, 2.24) is 0 Å². The molecule has 2 atom stereocenters. The maximum Gasteiger partial charge on any atom is 0.219 e. The summed E-state index contributed by atoms with van der Waals surface area (Å²) in [5.74, 6) is 0. The number of nitrogens with zero attached hydrogens (tertiary/aromatic N) is 2. The van der Waals surface area contributed by atoms with Gasteiger partial charge in [0.2, 0.25) is 5.29 Å². The molecule has 0 saturated heterocycles. The van der Waals surface area contributed by atoms with Crippen LogP contribution in [0.1, 0.15) is 6.92 Å². The van der Waals surface area contributed by atoms with E-state index in [2.05, 4.69) is 9.98 Å². The molecule has 0 amide bonds. The van der Waals surface area contributed by atoms with Gasteiger partial charge in [0, 0.05) is 0 Å². The lowest BCUT2D eigenvalue weighted by molar-refractivity contribution is 0.784. The summed E-state index contributed by atoms with van der Waals surface area (Å²) in [5, 5.41) is 0.160. The Morgan fingerprint density at radius 3 is 2.50 bits per heavy atom. The zero-order valence-electron chi connectivity index (χ0n) is 5.18. The highest BCUT2D eigenvalue weighted by atomic mass is 35.5. The Hall–Kier alpha value is 0.210. The monoisotopic (exact) mass is 198 g/mol. The SMILES string of the molecule is CC1N=C(Cl)N=C(Cl)C1Cl. The van der Waals surface area contributed by atoms with Crippen LogP contribution >= 0.6 is 34.8 Å². The minimum Gasteiger partial charge on any atom is -0.251 e. The Bertz CT molecular complexity index is 199. The number of amidine groups is 1. The topological polar surface area (TPSA) is 24.7 Å². The summed E-state index contributed by atoms with van der Waals surface area (Å²) in [6.07, 6.45) is 0. The lowest BCUT2D eigenvalue weighted by atomic mass is 10.2. The zero-order valence-corrected chi connectivity index (χ0v) is 7.45. The minimum absolute atomic E-state index is 0.0841. The predicted molar refractivity (Wildman–Crippen MR) is 45.7 cm³/mol. The molecule has 5 heteroatoms. The summed E-state index contributed by atoms with van der Waals surface area (Å²) in [6, 6.07) is -0.0841. The fourth-order valence-electron chi connectivity index (χ4n) is 0.611. The van der Waals surface area contributed by atoms with Crippen LogP contribution in [0.25, 0.3) is 0 Å². The molecule has 0 aliphatic carbocycles. The van der Waals surface area contributed by atoms with E-state index in [0.717, 1.165) is 0 Å². The van der Waals surface area contributed by atoms with Crippen molar-refractivity contribution in [2.45, 2.75) is 18.3 Å². The van der Waals surface area contributed by atoms with E-state index in [4.69, 9.17) is 34.8 Å². The molecule has 1 aliphatic rings. The minimum atomic E-state index is -0.329. The van der Waals surface area contributed by atoms with Gasteiger partial charge in [-0.2, -0.15) is 0 Å². The normalized spacial score (nSPS) is 33.2. The molecule has 0 fully saturated rings. The Kier molecular flexibility index (Phi) is 2.55. The molecule has 1 heterocycles. The molecule has 2 nitrogen and oxygen atoms in total. The lowest BCUT2D eigenvalue weighted by Gasteiger charge is -2.15. The van der Waals surface area contributed by atoms with Crippen molar-refractivity contribution in [3.8, 4) is 0 Å². The van der Waals surface area contributed by atoms with Gasteiger partial charge in [0.1, 0.15) is 10.5 Å². The molecular weight excluding hydrogens is 194 g/mol. The molecule has 0 N–H and O–H groups in total. The molecule has 0 aromatic rings. The molecule has 56 valence electrons. The average molecular weight is 199 g/mol. The van der Waals surface area contributed by atoms with Gasteiger partial charge in [0.25, 0.3) is 0 Å². The van der Waals surface area contributed by atoms with E-state index in [-0.39, 0.29) is 16.7 Å². The third-order valence-electron chi connectivity index (χ3n) is 1.16. The first-order chi connectivity index (χ1) is 4.61. The van der Waals surface area contributed by atoms with Crippen molar-refractivity contribution >= 4 is 45.3 Å². The highest BCUT2D eigenvalue weighted by Crippen LogP contribution is 2.17. The van der Waals surface area contributed by atoms with Gasteiger partial charge in [-0.25, -0.2) is 4.99 Å². The van der Waals surface area contributed by atoms with Gasteiger partial charge in [-0.05, 0) is 18.5 Å². The zero-order chi connectivity index (χ0) is 7.72. The van der Waals surface area contributed by atoms with Crippen LogP contribution in [0.3, 0.4) is 0 Å². The maximum absolute atomic E-state index is 5.75. The van der Waals surface area contributed by atoms with Crippen LogP contribution in [-0.4, -0.2) is 21.9 Å². The van der Waals surface area contributed by atoms with E-state index < -0.39 is 0 Å². The molecule has 0 bridgehead atoms. The van der Waals surface area contributed by atoms with Gasteiger partial charge in [0.15, 0.2) is 0 Å². The number of aliphatic imine (C=N–C) groups is 2. The summed E-state index contributed by atoms with van der Waals surface area (Å²) in [7, 11) is 0. The molecule has 0 aromatic heterocycles. The number of alkyl halides is 1. The van der Waals surface area contributed by atoms with Crippen molar-refractivity contribution in [2.24, 2.45) is 9.98 Å². The first kappa shape index (κ1) is 8.31. The van der Waals surface area contributed by atoms with E-state index in [9.17, 15) is 0 Å². The fraction of sp³-hybridized carbons (Fsp3) is 0.600. The molecule has 0 saturated carbocycles. The van der Waals surface area contributed by atoms with E-state index in [0.29, 0.717) is 5.17 Å². The second kappa shape index (κ2) is 3.07. The Balaban J connectivity index is 2.85. The van der Waals surface area contributed by atoms with Gasteiger partial charge < -0.3 is 0 Å². The van der Waals surface area contributed by atoms with Gasteiger partial charge in [-0.3, -0.25) is 4.99 Å². The largest absolute Gasteiger partial charge is 0.251 e. The molecule has 0 spiro atoms. The average Bonchev–Trinajstić information content (AvgIpc) is 1.82. The number of hydrogen-bond acceptors (Lipinski definition) is 2. The molecule has 2 unspecified atom stereocenters. The Morgan fingerprint density at radius 2 is 2.00 bits per heavy atom. The van der Waals surface area contributed by atoms with E-state index in [1.54, 1.807) is 0 Å². The highest BCUT2D eigenvalue weighted by Gasteiger charge is 2.22. The lowest BCUT2D eigenvalue weighted by Crippen LogP contribution is -2.26. The molecule has 0 radical (unpaired) electrons. The van der Waals surface area contributed by atoms with Crippen LogP contribution in [0.4, 0.5) is 0 Å². The Labute approximate surface area is 73.9 Å². The Morgan fingerprint density at radius 1 is 1.40 bits per heavy atom. The fourth-order valence-corrected chi connectivity index (χ4v) is 1.27. The number of rotatable bonds is 0. The van der Waals surface area contributed by atoms with E-state index in [1.807, 2.05) is 6.92 Å². The van der Waals surface area contributed by atoms with E-state index in [1.165, 1.54) is 0 Å². The first-order valence-electron chi connectivity index (χ1n) is 2.72. The van der Waals surface area contributed by atoms with Crippen LogP contribution in [-0.2, 0) is 0 Å². The second-order valence-electron chi connectivity index (χ2n) is 1.98. The van der Waals surface area contributed by atoms with Crippen LogP contribution < -0.4 is 0 Å². The van der Waals surface area contributed by atoms with Crippen LogP contribution in [0.5, 0.6) is 0 Å². The molecule has 0 aromatic carbocycles. The van der Waals surface area contributed by atoms with Crippen molar-refractivity contribution in [1.29, 1.82) is 0 Å². The maximum atomic E-state index is 5.75. The standard InChI is InChI=1S/C5H5Cl3N2/c1-2-3(6)4(7)10-5(8)9-2/h2-3H,1H3. The first-order valence-corrected chi connectivity index (χ1v) is 3.92. The van der Waals surface area contributed by atoms with Crippen molar-refractivity contribution in [3.63, 3.8) is 0 Å². The van der Waals surface area contributed by atoms with Gasteiger partial charge >= 0.3 is 0 Å². The summed E-state index contributed by atoms with van der Waals surface area (Å²) >= 11 is 16.9. The third kappa shape index (κ3) is 1.62.